The van der Waals surface area contributed by atoms with E-state index in [2.05, 4.69) is 9.55 Å². The Bertz CT molecular complexity index is 506. The van der Waals surface area contributed by atoms with E-state index < -0.39 is 5.60 Å². The van der Waals surface area contributed by atoms with Crippen molar-refractivity contribution in [1.29, 1.82) is 0 Å². The minimum absolute atomic E-state index is 0.203. The van der Waals surface area contributed by atoms with Crippen molar-refractivity contribution in [3.05, 3.63) is 18.2 Å². The Labute approximate surface area is 126 Å². The second kappa shape index (κ2) is 5.35. The summed E-state index contributed by atoms with van der Waals surface area (Å²) in [5.74, 6) is 0.403. The lowest BCUT2D eigenvalue weighted by atomic mass is 9.96. The van der Waals surface area contributed by atoms with Crippen LogP contribution in [0.1, 0.15) is 64.1 Å². The van der Waals surface area contributed by atoms with Gasteiger partial charge in [0.1, 0.15) is 5.60 Å². The fourth-order valence-corrected chi connectivity index (χ4v) is 3.26. The molecule has 1 aliphatic heterocycles. The zero-order chi connectivity index (χ0) is 15.0. The van der Waals surface area contributed by atoms with E-state index in [1.54, 1.807) is 4.90 Å². The smallest absolute Gasteiger partial charge is 0.410 e. The monoisotopic (exact) mass is 291 g/mol. The molecule has 0 radical (unpaired) electrons. The highest BCUT2D eigenvalue weighted by atomic mass is 16.6. The summed E-state index contributed by atoms with van der Waals surface area (Å²) in [7, 11) is 0. The molecule has 3 rings (SSSR count). The van der Waals surface area contributed by atoms with Crippen molar-refractivity contribution in [3.63, 3.8) is 0 Å². The van der Waals surface area contributed by atoms with E-state index in [1.807, 2.05) is 33.3 Å². The van der Waals surface area contributed by atoms with Gasteiger partial charge in [0.05, 0.1) is 6.33 Å². The van der Waals surface area contributed by atoms with Gasteiger partial charge >= 0.3 is 6.09 Å². The van der Waals surface area contributed by atoms with Gasteiger partial charge in [0, 0.05) is 36.9 Å². The first kappa shape index (κ1) is 14.4. The molecule has 0 bridgehead atoms. The molecule has 0 spiro atoms. The molecule has 2 heterocycles. The minimum Gasteiger partial charge on any atom is -0.444 e. The largest absolute Gasteiger partial charge is 0.444 e. The fourth-order valence-electron chi connectivity index (χ4n) is 3.26. The molecule has 0 unspecified atom stereocenters. The molecule has 1 aliphatic carbocycles. The van der Waals surface area contributed by atoms with Crippen molar-refractivity contribution in [1.82, 2.24) is 14.5 Å². The molecule has 0 N–H and O–H groups in total. The summed E-state index contributed by atoms with van der Waals surface area (Å²) in [6, 6.07) is 0.609. The highest BCUT2D eigenvalue weighted by Crippen LogP contribution is 2.35. The summed E-state index contributed by atoms with van der Waals surface area (Å²) >= 11 is 0. The highest BCUT2D eigenvalue weighted by molar-refractivity contribution is 5.69. The molecular weight excluding hydrogens is 266 g/mol. The summed E-state index contributed by atoms with van der Waals surface area (Å²) in [5, 5.41) is 0. The molecule has 5 heteroatoms. The zero-order valence-electron chi connectivity index (χ0n) is 13.2. The first-order valence-corrected chi connectivity index (χ1v) is 7.94. The van der Waals surface area contributed by atoms with E-state index in [0.717, 1.165) is 13.1 Å². The molecule has 1 saturated carbocycles. The SMILES string of the molecule is CC(C)(C)OC(=O)N1CC(c2cncn2C2CCCC2)C1. The average Bonchev–Trinajstić information content (AvgIpc) is 2.92. The second-order valence-corrected chi connectivity index (χ2v) is 7.25. The van der Waals surface area contributed by atoms with E-state index in [-0.39, 0.29) is 6.09 Å². The molecule has 1 aromatic heterocycles. The van der Waals surface area contributed by atoms with Crippen LogP contribution in [-0.2, 0) is 4.74 Å². The molecule has 21 heavy (non-hydrogen) atoms. The molecule has 5 nitrogen and oxygen atoms in total. The lowest BCUT2D eigenvalue weighted by Crippen LogP contribution is -2.50. The van der Waals surface area contributed by atoms with E-state index in [4.69, 9.17) is 4.74 Å². The summed E-state index contributed by atoms with van der Waals surface area (Å²) in [5.41, 5.74) is 0.857. The number of ether oxygens (including phenoxy) is 1. The van der Waals surface area contributed by atoms with Gasteiger partial charge < -0.3 is 14.2 Å². The van der Waals surface area contributed by atoms with Gasteiger partial charge in [0.15, 0.2) is 0 Å². The van der Waals surface area contributed by atoms with Crippen LogP contribution in [0.2, 0.25) is 0 Å². The van der Waals surface area contributed by atoms with Crippen LogP contribution in [0.5, 0.6) is 0 Å². The maximum atomic E-state index is 12.0. The number of likely N-dealkylation sites (tertiary alicyclic amines) is 1. The van der Waals surface area contributed by atoms with Crippen LogP contribution in [0.25, 0.3) is 0 Å². The summed E-state index contributed by atoms with van der Waals surface area (Å²) in [6.07, 6.45) is 8.87. The summed E-state index contributed by atoms with van der Waals surface area (Å²) in [6.45, 7) is 7.19. The quantitative estimate of drug-likeness (QED) is 0.839. The van der Waals surface area contributed by atoms with E-state index in [1.165, 1.54) is 31.4 Å². The van der Waals surface area contributed by atoms with Crippen LogP contribution in [0.3, 0.4) is 0 Å². The van der Waals surface area contributed by atoms with Crippen LogP contribution in [0, 0.1) is 0 Å². The maximum Gasteiger partial charge on any atom is 0.410 e. The fraction of sp³-hybridized carbons (Fsp3) is 0.750. The van der Waals surface area contributed by atoms with Crippen LogP contribution in [0.4, 0.5) is 4.79 Å². The lowest BCUT2D eigenvalue weighted by molar-refractivity contribution is 0.00750. The van der Waals surface area contributed by atoms with Gasteiger partial charge in [-0.15, -0.1) is 0 Å². The number of amides is 1. The Morgan fingerprint density at radius 3 is 2.57 bits per heavy atom. The second-order valence-electron chi connectivity index (χ2n) is 7.25. The third kappa shape index (κ3) is 3.06. The molecule has 2 aliphatic rings. The van der Waals surface area contributed by atoms with Gasteiger partial charge in [0.25, 0.3) is 0 Å². The van der Waals surface area contributed by atoms with Crippen LogP contribution in [0.15, 0.2) is 12.5 Å². The van der Waals surface area contributed by atoms with E-state index >= 15 is 0 Å². The predicted octanol–water partition coefficient (Wildman–Crippen LogP) is 3.33. The van der Waals surface area contributed by atoms with E-state index in [0.29, 0.717) is 12.0 Å². The number of carbonyl (C=O) groups excluding carboxylic acids is 1. The maximum absolute atomic E-state index is 12.0. The molecule has 116 valence electrons. The van der Waals surface area contributed by atoms with Gasteiger partial charge in [-0.05, 0) is 33.6 Å². The van der Waals surface area contributed by atoms with Gasteiger partial charge in [-0.1, -0.05) is 12.8 Å². The molecule has 0 aromatic carbocycles. The van der Waals surface area contributed by atoms with Gasteiger partial charge in [-0.25, -0.2) is 9.78 Å². The van der Waals surface area contributed by atoms with E-state index in [9.17, 15) is 4.79 Å². The Morgan fingerprint density at radius 1 is 1.29 bits per heavy atom. The Morgan fingerprint density at radius 2 is 1.95 bits per heavy atom. The van der Waals surface area contributed by atoms with Crippen LogP contribution < -0.4 is 0 Å². The minimum atomic E-state index is -0.423. The predicted molar refractivity (Wildman–Crippen MR) is 80.3 cm³/mol. The standard InChI is InChI=1S/C16H25N3O2/c1-16(2,3)21-15(20)18-9-12(10-18)14-8-17-11-19(14)13-6-4-5-7-13/h8,11-13H,4-7,9-10H2,1-3H3. The molecule has 1 aromatic rings. The lowest BCUT2D eigenvalue weighted by Gasteiger charge is -2.40. The van der Waals surface area contributed by atoms with Crippen molar-refractivity contribution in [2.24, 2.45) is 0 Å². The molecule has 0 atom stereocenters. The highest BCUT2D eigenvalue weighted by Gasteiger charge is 2.36. The topological polar surface area (TPSA) is 47.4 Å². The Balaban J connectivity index is 1.59. The molecule has 1 saturated heterocycles. The Hall–Kier alpha value is -1.52. The van der Waals surface area contributed by atoms with Crippen molar-refractivity contribution in [2.75, 3.05) is 13.1 Å². The third-order valence-corrected chi connectivity index (χ3v) is 4.37. The molecule has 1 amide bonds. The summed E-state index contributed by atoms with van der Waals surface area (Å²) < 4.78 is 7.74. The molecule has 2 fully saturated rings. The van der Waals surface area contributed by atoms with Gasteiger partial charge in [-0.2, -0.15) is 0 Å². The van der Waals surface area contributed by atoms with Gasteiger partial charge in [0.2, 0.25) is 0 Å². The number of rotatable bonds is 2. The first-order chi connectivity index (χ1) is 9.94. The number of aromatic nitrogens is 2. The number of hydrogen-bond acceptors (Lipinski definition) is 3. The number of hydrogen-bond donors (Lipinski definition) is 0. The van der Waals surface area contributed by atoms with Crippen molar-refractivity contribution < 1.29 is 9.53 Å². The van der Waals surface area contributed by atoms with Crippen LogP contribution in [-0.4, -0.2) is 39.2 Å². The zero-order valence-corrected chi connectivity index (χ0v) is 13.2. The Kier molecular flexibility index (Phi) is 3.68. The summed E-state index contributed by atoms with van der Waals surface area (Å²) in [4.78, 5) is 18.1. The average molecular weight is 291 g/mol. The molecular formula is C16H25N3O2. The third-order valence-electron chi connectivity index (χ3n) is 4.37. The van der Waals surface area contributed by atoms with Crippen molar-refractivity contribution in [3.8, 4) is 0 Å². The normalized spacial score (nSPS) is 20.6. The van der Waals surface area contributed by atoms with Crippen molar-refractivity contribution in [2.45, 2.75) is 64.0 Å². The number of nitrogens with zero attached hydrogens (tertiary/aromatic N) is 3. The van der Waals surface area contributed by atoms with Gasteiger partial charge in [-0.3, -0.25) is 0 Å². The number of imidazole rings is 1. The van der Waals surface area contributed by atoms with Crippen LogP contribution >= 0.6 is 0 Å². The van der Waals surface area contributed by atoms with Crippen molar-refractivity contribution >= 4 is 6.09 Å². The first-order valence-electron chi connectivity index (χ1n) is 7.94. The number of carbonyl (C=O) groups is 1.